The van der Waals surface area contributed by atoms with Crippen LogP contribution >= 0.6 is 0 Å². The van der Waals surface area contributed by atoms with Crippen molar-refractivity contribution in [2.75, 3.05) is 0 Å². The van der Waals surface area contributed by atoms with Gasteiger partial charge in [-0.25, -0.2) is 0 Å². The molecule has 1 aliphatic carbocycles. The zero-order valence-corrected chi connectivity index (χ0v) is 10.4. The van der Waals surface area contributed by atoms with Crippen LogP contribution in [0.4, 0.5) is 0 Å². The average Bonchev–Trinajstić information content (AvgIpc) is 2.89. The maximum atomic E-state index is 11.0. The molecule has 1 saturated carbocycles. The largest absolute Gasteiger partial charge is 0.373 e. The van der Waals surface area contributed by atoms with E-state index in [0.29, 0.717) is 0 Å². The molecule has 0 amide bonds. The molecule has 1 aromatic carbocycles. The summed E-state index contributed by atoms with van der Waals surface area (Å²) in [6.07, 6.45) is 11.0. The van der Waals surface area contributed by atoms with E-state index in [9.17, 15) is 5.11 Å². The second kappa shape index (κ2) is 4.55. The molecule has 0 aliphatic heterocycles. The Bertz CT molecular complexity index is 409. The number of benzene rings is 1. The topological polar surface area (TPSA) is 20.2 Å². The zero-order chi connectivity index (χ0) is 12.4. The predicted molar refractivity (Wildman–Crippen MR) is 70.4 cm³/mol. The van der Waals surface area contributed by atoms with Crippen molar-refractivity contribution >= 4 is 0 Å². The lowest BCUT2D eigenvalue weighted by Gasteiger charge is -2.41. The van der Waals surface area contributed by atoms with Crippen molar-refractivity contribution in [2.45, 2.75) is 44.6 Å². The molecular weight excluding hydrogens is 208 g/mol. The second-order valence-corrected chi connectivity index (χ2v) is 5.06. The molecule has 0 aromatic heterocycles. The van der Waals surface area contributed by atoms with Crippen molar-refractivity contribution in [1.29, 1.82) is 0 Å². The summed E-state index contributed by atoms with van der Waals surface area (Å²) in [4.78, 5) is 0. The number of aliphatic hydroxyl groups is 1. The minimum absolute atomic E-state index is 0.136. The minimum atomic E-state index is -1.11. The summed E-state index contributed by atoms with van der Waals surface area (Å²) in [5, 5.41) is 11.0. The van der Waals surface area contributed by atoms with Crippen LogP contribution in [0.25, 0.3) is 0 Å². The maximum Gasteiger partial charge on any atom is 0.156 e. The van der Waals surface area contributed by atoms with Gasteiger partial charge in [0.15, 0.2) is 5.60 Å². The molecule has 0 unspecified atom stereocenters. The van der Waals surface area contributed by atoms with Crippen molar-refractivity contribution in [2.24, 2.45) is 5.41 Å². The Kier molecular flexibility index (Phi) is 3.26. The van der Waals surface area contributed by atoms with Gasteiger partial charge < -0.3 is 5.11 Å². The molecule has 0 radical (unpaired) electrons. The van der Waals surface area contributed by atoms with E-state index in [0.717, 1.165) is 24.8 Å². The molecule has 1 aliphatic rings. The Morgan fingerprint density at radius 1 is 1.29 bits per heavy atom. The van der Waals surface area contributed by atoms with E-state index in [1.807, 2.05) is 30.3 Å². The van der Waals surface area contributed by atoms with Crippen molar-refractivity contribution in [3.05, 3.63) is 35.9 Å². The van der Waals surface area contributed by atoms with Crippen LogP contribution in [-0.2, 0) is 5.60 Å². The van der Waals surface area contributed by atoms with Gasteiger partial charge in [-0.1, -0.05) is 56.0 Å². The van der Waals surface area contributed by atoms with Crippen molar-refractivity contribution in [1.82, 2.24) is 0 Å². The summed E-state index contributed by atoms with van der Waals surface area (Å²) < 4.78 is 0. The fraction of sp³-hybridized carbons (Fsp3) is 0.500. The lowest BCUT2D eigenvalue weighted by atomic mass is 9.66. The molecule has 0 bridgehead atoms. The molecule has 90 valence electrons. The van der Waals surface area contributed by atoms with Crippen LogP contribution in [0, 0.1) is 17.8 Å². The molecule has 1 N–H and O–H groups in total. The number of hydrogen-bond acceptors (Lipinski definition) is 1. The molecule has 1 aromatic rings. The third-order valence-electron chi connectivity index (χ3n) is 4.41. The van der Waals surface area contributed by atoms with Crippen LogP contribution in [0.3, 0.4) is 0 Å². The first kappa shape index (κ1) is 12.2. The summed E-state index contributed by atoms with van der Waals surface area (Å²) in [5.41, 5.74) is -0.381. The van der Waals surface area contributed by atoms with Crippen molar-refractivity contribution in [3.8, 4) is 12.3 Å². The molecule has 1 atom stereocenters. The van der Waals surface area contributed by atoms with E-state index in [2.05, 4.69) is 12.8 Å². The molecule has 0 spiro atoms. The predicted octanol–water partition coefficient (Wildman–Crippen LogP) is 3.48. The first-order chi connectivity index (χ1) is 8.18. The Hall–Kier alpha value is -1.26. The van der Waals surface area contributed by atoms with Crippen LogP contribution in [0.5, 0.6) is 0 Å². The Morgan fingerprint density at radius 3 is 2.35 bits per heavy atom. The van der Waals surface area contributed by atoms with Crippen LogP contribution < -0.4 is 0 Å². The number of rotatable bonds is 3. The monoisotopic (exact) mass is 228 g/mol. The zero-order valence-electron chi connectivity index (χ0n) is 10.4. The smallest absolute Gasteiger partial charge is 0.156 e. The van der Waals surface area contributed by atoms with Crippen LogP contribution in [-0.4, -0.2) is 5.11 Å². The first-order valence-electron chi connectivity index (χ1n) is 6.44. The first-order valence-corrected chi connectivity index (χ1v) is 6.44. The average molecular weight is 228 g/mol. The van der Waals surface area contributed by atoms with Crippen LogP contribution in [0.15, 0.2) is 30.3 Å². The molecule has 0 saturated heterocycles. The standard InChI is InChI=1S/C16H20O/c1-3-15(12-8-9-13-15)16(17,4-2)14-10-6-5-7-11-14/h2,5-7,10-11,17H,3,8-9,12-13H2,1H3/t16-/m1/s1. The fourth-order valence-electron chi connectivity index (χ4n) is 3.24. The summed E-state index contributed by atoms with van der Waals surface area (Å²) in [6, 6.07) is 9.71. The Morgan fingerprint density at radius 2 is 1.88 bits per heavy atom. The highest BCUT2D eigenvalue weighted by Crippen LogP contribution is 2.53. The molecule has 1 heteroatoms. The van der Waals surface area contributed by atoms with Gasteiger partial charge in [0, 0.05) is 5.41 Å². The summed E-state index contributed by atoms with van der Waals surface area (Å²) in [6.45, 7) is 2.14. The van der Waals surface area contributed by atoms with Gasteiger partial charge in [-0.05, 0) is 24.8 Å². The SMILES string of the molecule is C#C[C@@](O)(c1ccccc1)C1(CC)CCCC1. The van der Waals surface area contributed by atoms with E-state index in [4.69, 9.17) is 6.42 Å². The van der Waals surface area contributed by atoms with Crippen molar-refractivity contribution in [3.63, 3.8) is 0 Å². The van der Waals surface area contributed by atoms with Gasteiger partial charge in [-0.2, -0.15) is 0 Å². The van der Waals surface area contributed by atoms with Gasteiger partial charge in [0.05, 0.1) is 0 Å². The van der Waals surface area contributed by atoms with E-state index < -0.39 is 5.60 Å². The van der Waals surface area contributed by atoms with Gasteiger partial charge >= 0.3 is 0 Å². The van der Waals surface area contributed by atoms with Crippen LogP contribution in [0.2, 0.25) is 0 Å². The third kappa shape index (κ3) is 1.77. The molecule has 17 heavy (non-hydrogen) atoms. The quantitative estimate of drug-likeness (QED) is 0.785. The maximum absolute atomic E-state index is 11.0. The van der Waals surface area contributed by atoms with Gasteiger partial charge in [0.1, 0.15) is 0 Å². The third-order valence-corrected chi connectivity index (χ3v) is 4.41. The molecule has 0 heterocycles. The lowest BCUT2D eigenvalue weighted by molar-refractivity contribution is -0.0420. The minimum Gasteiger partial charge on any atom is -0.373 e. The van der Waals surface area contributed by atoms with Gasteiger partial charge in [-0.3, -0.25) is 0 Å². The second-order valence-electron chi connectivity index (χ2n) is 5.06. The molecule has 1 nitrogen and oxygen atoms in total. The van der Waals surface area contributed by atoms with Crippen molar-refractivity contribution < 1.29 is 5.11 Å². The summed E-state index contributed by atoms with van der Waals surface area (Å²) in [5.74, 6) is 2.68. The Labute approximate surface area is 104 Å². The van der Waals surface area contributed by atoms with E-state index >= 15 is 0 Å². The highest BCUT2D eigenvalue weighted by Gasteiger charge is 2.50. The normalized spacial score (nSPS) is 21.7. The number of terminal acetylenes is 1. The fourth-order valence-corrected chi connectivity index (χ4v) is 3.24. The van der Waals surface area contributed by atoms with E-state index in [1.165, 1.54) is 12.8 Å². The van der Waals surface area contributed by atoms with E-state index in [-0.39, 0.29) is 5.41 Å². The summed E-state index contributed by atoms with van der Waals surface area (Å²) >= 11 is 0. The van der Waals surface area contributed by atoms with E-state index in [1.54, 1.807) is 0 Å². The van der Waals surface area contributed by atoms with Gasteiger partial charge in [0.2, 0.25) is 0 Å². The van der Waals surface area contributed by atoms with Crippen LogP contribution in [0.1, 0.15) is 44.6 Å². The summed E-state index contributed by atoms with van der Waals surface area (Å²) in [7, 11) is 0. The molecule has 1 fully saturated rings. The lowest BCUT2D eigenvalue weighted by Crippen LogP contribution is -2.42. The Balaban J connectivity index is 2.48. The van der Waals surface area contributed by atoms with Gasteiger partial charge in [-0.15, -0.1) is 6.42 Å². The highest BCUT2D eigenvalue weighted by molar-refractivity contribution is 5.34. The molecular formula is C16H20O. The van der Waals surface area contributed by atoms with Gasteiger partial charge in [0.25, 0.3) is 0 Å². The number of hydrogen-bond donors (Lipinski definition) is 1. The highest BCUT2D eigenvalue weighted by atomic mass is 16.3. The molecule has 2 rings (SSSR count).